The molecule has 0 heterocycles. The summed E-state index contributed by atoms with van der Waals surface area (Å²) >= 11 is 0. The monoisotopic (exact) mass is 240 g/mol. The minimum atomic E-state index is -0.750. The lowest BCUT2D eigenvalue weighted by Gasteiger charge is -2.23. The van der Waals surface area contributed by atoms with Crippen LogP contribution in [-0.4, -0.2) is 18.0 Å². The second-order valence-corrected chi connectivity index (χ2v) is 4.27. The Balaban J connectivity index is 2.23. The molecule has 90 valence electrons. The second-order valence-electron chi connectivity index (χ2n) is 4.27. The van der Waals surface area contributed by atoms with Crippen LogP contribution in [0, 0.1) is 0 Å². The van der Waals surface area contributed by atoms with Gasteiger partial charge in [-0.05, 0) is 23.3 Å². The van der Waals surface area contributed by atoms with Crippen molar-refractivity contribution in [1.29, 1.82) is 0 Å². The molecule has 0 aliphatic heterocycles. The van der Waals surface area contributed by atoms with E-state index in [9.17, 15) is 9.90 Å². The van der Waals surface area contributed by atoms with Crippen LogP contribution < -0.4 is 4.74 Å². The minimum absolute atomic E-state index is 0.0650. The highest BCUT2D eigenvalue weighted by Crippen LogP contribution is 2.36. The summed E-state index contributed by atoms with van der Waals surface area (Å²) in [6, 6.07) is 12.3. The van der Waals surface area contributed by atoms with Gasteiger partial charge in [-0.3, -0.25) is 4.79 Å². The van der Waals surface area contributed by atoms with E-state index < -0.39 is 6.10 Å². The molecule has 0 aromatic heterocycles. The van der Waals surface area contributed by atoms with Crippen molar-refractivity contribution >= 4 is 5.78 Å². The van der Waals surface area contributed by atoms with E-state index in [2.05, 4.69) is 0 Å². The quantitative estimate of drug-likeness (QED) is 0.832. The maximum atomic E-state index is 12.4. The summed E-state index contributed by atoms with van der Waals surface area (Å²) in [6.45, 7) is 0. The predicted octanol–water partition coefficient (Wildman–Crippen LogP) is 2.32. The zero-order valence-electron chi connectivity index (χ0n) is 9.88. The molecule has 1 aliphatic carbocycles. The van der Waals surface area contributed by atoms with Gasteiger partial charge in [0.1, 0.15) is 11.9 Å². The molecular weight excluding hydrogens is 228 g/mol. The van der Waals surface area contributed by atoms with Crippen molar-refractivity contribution in [2.75, 3.05) is 7.11 Å². The number of aliphatic hydroxyl groups is 1. The number of aliphatic hydroxyl groups excluding tert-OH is 1. The van der Waals surface area contributed by atoms with Crippen LogP contribution in [0.5, 0.6) is 5.75 Å². The molecule has 18 heavy (non-hydrogen) atoms. The van der Waals surface area contributed by atoms with E-state index in [-0.39, 0.29) is 5.78 Å². The van der Waals surface area contributed by atoms with Crippen LogP contribution in [0.1, 0.15) is 33.2 Å². The first-order valence-corrected chi connectivity index (χ1v) is 5.72. The van der Waals surface area contributed by atoms with Crippen molar-refractivity contribution in [3.8, 4) is 5.75 Å². The van der Waals surface area contributed by atoms with Crippen molar-refractivity contribution < 1.29 is 14.6 Å². The van der Waals surface area contributed by atoms with Crippen molar-refractivity contribution in [3.63, 3.8) is 0 Å². The fraction of sp³-hybridized carbons (Fsp3) is 0.133. The van der Waals surface area contributed by atoms with Crippen LogP contribution in [0.2, 0.25) is 0 Å². The van der Waals surface area contributed by atoms with Crippen molar-refractivity contribution in [2.24, 2.45) is 0 Å². The molecule has 0 fully saturated rings. The highest BCUT2D eigenvalue weighted by molar-refractivity contribution is 6.12. The largest absolute Gasteiger partial charge is 0.497 e. The molecule has 1 unspecified atom stereocenters. The van der Waals surface area contributed by atoms with E-state index in [4.69, 9.17) is 4.74 Å². The third kappa shape index (κ3) is 1.45. The molecule has 2 aromatic rings. The molecule has 3 rings (SSSR count). The Kier molecular flexibility index (Phi) is 2.42. The number of benzene rings is 2. The summed E-state index contributed by atoms with van der Waals surface area (Å²) in [5, 5.41) is 10.3. The molecule has 1 aliphatic rings. The normalized spacial score (nSPS) is 17.0. The molecule has 3 nitrogen and oxygen atoms in total. The number of methoxy groups -OCH3 is 1. The Hall–Kier alpha value is -2.13. The molecule has 0 amide bonds. The second kappa shape index (κ2) is 3.96. The van der Waals surface area contributed by atoms with Gasteiger partial charge in [0.05, 0.1) is 7.11 Å². The molecule has 2 aromatic carbocycles. The van der Waals surface area contributed by atoms with E-state index in [0.717, 1.165) is 0 Å². The van der Waals surface area contributed by atoms with Gasteiger partial charge in [-0.15, -0.1) is 0 Å². The van der Waals surface area contributed by atoms with Crippen molar-refractivity contribution in [1.82, 2.24) is 0 Å². The van der Waals surface area contributed by atoms with Crippen LogP contribution in [0.25, 0.3) is 0 Å². The molecule has 0 radical (unpaired) electrons. The summed E-state index contributed by atoms with van der Waals surface area (Å²) in [4.78, 5) is 12.4. The maximum Gasteiger partial charge on any atom is 0.193 e. The standard InChI is InChI=1S/C15H12O3/c1-18-9-6-7-12-13(8-9)15(17)11-5-3-2-4-10(11)14(12)16/h2-8,14,16H,1H3. The Bertz CT molecular complexity index is 631. The molecule has 0 spiro atoms. The number of carbonyl (C=O) groups excluding carboxylic acids is 1. The van der Waals surface area contributed by atoms with E-state index >= 15 is 0 Å². The molecule has 0 bridgehead atoms. The summed E-state index contributed by atoms with van der Waals surface area (Å²) in [6.07, 6.45) is -0.750. The van der Waals surface area contributed by atoms with E-state index in [1.54, 1.807) is 43.5 Å². The first-order valence-electron chi connectivity index (χ1n) is 5.72. The lowest BCUT2D eigenvalue weighted by Crippen LogP contribution is -2.19. The van der Waals surface area contributed by atoms with Gasteiger partial charge in [0.25, 0.3) is 0 Å². The Morgan fingerprint density at radius 2 is 1.78 bits per heavy atom. The topological polar surface area (TPSA) is 46.5 Å². The summed E-state index contributed by atoms with van der Waals surface area (Å²) in [5.74, 6) is 0.554. The van der Waals surface area contributed by atoms with Crippen molar-refractivity contribution in [3.05, 3.63) is 64.7 Å². The SMILES string of the molecule is COc1ccc2c(c1)C(=O)c1ccccc1C2O. The molecule has 1 atom stereocenters. The fourth-order valence-corrected chi connectivity index (χ4v) is 2.35. The smallest absolute Gasteiger partial charge is 0.193 e. The Morgan fingerprint density at radius 3 is 2.56 bits per heavy atom. The minimum Gasteiger partial charge on any atom is -0.497 e. The first-order chi connectivity index (χ1) is 8.72. The molecule has 3 heteroatoms. The van der Waals surface area contributed by atoms with Gasteiger partial charge in [-0.1, -0.05) is 30.3 Å². The highest BCUT2D eigenvalue weighted by atomic mass is 16.5. The Labute approximate surface area is 105 Å². The maximum absolute atomic E-state index is 12.4. The van der Waals surface area contributed by atoms with Gasteiger partial charge >= 0.3 is 0 Å². The van der Waals surface area contributed by atoms with E-state index in [1.165, 1.54) is 0 Å². The number of hydrogen-bond donors (Lipinski definition) is 1. The third-order valence-corrected chi connectivity index (χ3v) is 3.30. The van der Waals surface area contributed by atoms with Gasteiger partial charge in [-0.25, -0.2) is 0 Å². The number of hydrogen-bond acceptors (Lipinski definition) is 3. The summed E-state index contributed by atoms with van der Waals surface area (Å²) in [7, 11) is 1.55. The van der Waals surface area contributed by atoms with E-state index in [0.29, 0.717) is 28.0 Å². The lowest BCUT2D eigenvalue weighted by atomic mass is 9.83. The zero-order chi connectivity index (χ0) is 12.7. The molecule has 0 saturated heterocycles. The number of fused-ring (bicyclic) bond motifs is 2. The van der Waals surface area contributed by atoms with Crippen molar-refractivity contribution in [2.45, 2.75) is 6.10 Å². The first kappa shape index (κ1) is 11.0. The zero-order valence-corrected chi connectivity index (χ0v) is 9.88. The van der Waals surface area contributed by atoms with E-state index in [1.807, 2.05) is 6.07 Å². The van der Waals surface area contributed by atoms with Gasteiger partial charge in [-0.2, -0.15) is 0 Å². The molecular formula is C15H12O3. The highest BCUT2D eigenvalue weighted by Gasteiger charge is 2.29. The summed E-state index contributed by atoms with van der Waals surface area (Å²) in [5.41, 5.74) is 2.38. The molecule has 0 saturated carbocycles. The number of rotatable bonds is 1. The van der Waals surface area contributed by atoms with Crippen LogP contribution in [-0.2, 0) is 0 Å². The Morgan fingerprint density at radius 1 is 1.06 bits per heavy atom. The lowest BCUT2D eigenvalue weighted by molar-refractivity contribution is 0.101. The predicted molar refractivity (Wildman–Crippen MR) is 66.9 cm³/mol. The van der Waals surface area contributed by atoms with Gasteiger partial charge < -0.3 is 9.84 Å². The van der Waals surface area contributed by atoms with Crippen LogP contribution in [0.3, 0.4) is 0 Å². The average Bonchev–Trinajstić information content (AvgIpc) is 2.44. The third-order valence-electron chi connectivity index (χ3n) is 3.30. The van der Waals surface area contributed by atoms with Gasteiger partial charge in [0, 0.05) is 11.1 Å². The van der Waals surface area contributed by atoms with Gasteiger partial charge in [0.15, 0.2) is 5.78 Å². The van der Waals surface area contributed by atoms with Crippen LogP contribution in [0.15, 0.2) is 42.5 Å². The van der Waals surface area contributed by atoms with Crippen LogP contribution >= 0.6 is 0 Å². The number of ether oxygens (including phenoxy) is 1. The van der Waals surface area contributed by atoms with Gasteiger partial charge in [0.2, 0.25) is 0 Å². The fourth-order valence-electron chi connectivity index (χ4n) is 2.35. The average molecular weight is 240 g/mol. The summed E-state index contributed by atoms with van der Waals surface area (Å²) < 4.78 is 5.12. The van der Waals surface area contributed by atoms with Crippen LogP contribution in [0.4, 0.5) is 0 Å². The molecule has 1 N–H and O–H groups in total. The number of carbonyl (C=O) groups is 1. The number of ketones is 1.